The van der Waals surface area contributed by atoms with Crippen molar-refractivity contribution in [3.63, 3.8) is 0 Å². The van der Waals surface area contributed by atoms with Crippen LogP contribution in [0.15, 0.2) is 16.6 Å². The lowest BCUT2D eigenvalue weighted by Gasteiger charge is -2.37. The number of ether oxygens (including phenoxy) is 2. The molecule has 0 amide bonds. The molecule has 98 valence electrons. The Kier molecular flexibility index (Phi) is 3.24. The van der Waals surface area contributed by atoms with Gasteiger partial charge in [-0.05, 0) is 30.5 Å². The van der Waals surface area contributed by atoms with Crippen LogP contribution in [-0.2, 0) is 5.41 Å². The summed E-state index contributed by atoms with van der Waals surface area (Å²) in [5, 5.41) is 0. The zero-order valence-corrected chi connectivity index (χ0v) is 12.0. The van der Waals surface area contributed by atoms with Gasteiger partial charge in [0.2, 0.25) is 6.79 Å². The minimum Gasteiger partial charge on any atom is -0.454 e. The lowest BCUT2D eigenvalue weighted by atomic mass is 9.69. The normalized spacial score (nSPS) is 21.0. The molecular formula is C14H18BrNO2. The minimum absolute atomic E-state index is 0.109. The van der Waals surface area contributed by atoms with Crippen molar-refractivity contribution in [2.24, 2.45) is 5.73 Å². The zero-order chi connectivity index (χ0) is 12.6. The third-order valence-corrected chi connectivity index (χ3v) is 4.89. The van der Waals surface area contributed by atoms with Crippen molar-refractivity contribution < 1.29 is 9.47 Å². The van der Waals surface area contributed by atoms with Crippen LogP contribution in [-0.4, -0.2) is 13.3 Å². The van der Waals surface area contributed by atoms with Gasteiger partial charge >= 0.3 is 0 Å². The molecule has 1 saturated carbocycles. The molecule has 0 bridgehead atoms. The van der Waals surface area contributed by atoms with Gasteiger partial charge in [0, 0.05) is 16.4 Å². The highest BCUT2D eigenvalue weighted by Gasteiger charge is 2.35. The van der Waals surface area contributed by atoms with Crippen LogP contribution >= 0.6 is 15.9 Å². The monoisotopic (exact) mass is 311 g/mol. The third kappa shape index (κ3) is 1.91. The van der Waals surface area contributed by atoms with Crippen molar-refractivity contribution in [3.8, 4) is 11.5 Å². The fourth-order valence-corrected chi connectivity index (χ4v) is 3.88. The van der Waals surface area contributed by atoms with E-state index in [1.54, 1.807) is 0 Å². The Labute approximate surface area is 116 Å². The van der Waals surface area contributed by atoms with E-state index >= 15 is 0 Å². The fraction of sp³-hybridized carbons (Fsp3) is 0.571. The number of rotatable bonds is 2. The molecule has 1 aromatic carbocycles. The van der Waals surface area contributed by atoms with Crippen LogP contribution in [0.1, 0.15) is 37.7 Å². The lowest BCUT2D eigenvalue weighted by molar-refractivity contribution is 0.174. The number of fused-ring (bicyclic) bond motifs is 1. The van der Waals surface area contributed by atoms with Gasteiger partial charge in [0.25, 0.3) is 0 Å². The molecule has 2 N–H and O–H groups in total. The minimum atomic E-state index is 0.109. The number of halogens is 1. The van der Waals surface area contributed by atoms with Gasteiger partial charge in [-0.1, -0.05) is 35.2 Å². The Bertz CT molecular complexity index is 455. The second kappa shape index (κ2) is 4.74. The first-order valence-corrected chi connectivity index (χ1v) is 7.34. The molecule has 0 aromatic heterocycles. The van der Waals surface area contributed by atoms with E-state index in [1.807, 2.05) is 6.07 Å². The standard InChI is InChI=1S/C14H18BrNO2/c15-11-7-13-12(17-9-18-13)6-10(11)14(8-16)4-2-1-3-5-14/h6-7H,1-5,8-9,16H2. The van der Waals surface area contributed by atoms with Crippen molar-refractivity contribution in [2.45, 2.75) is 37.5 Å². The van der Waals surface area contributed by atoms with Gasteiger partial charge in [-0.3, -0.25) is 0 Å². The predicted octanol–water partition coefficient (Wildman–Crippen LogP) is 3.34. The second-order valence-electron chi connectivity index (χ2n) is 5.23. The van der Waals surface area contributed by atoms with Crippen LogP contribution < -0.4 is 15.2 Å². The van der Waals surface area contributed by atoms with Crippen molar-refractivity contribution in [1.82, 2.24) is 0 Å². The van der Waals surface area contributed by atoms with E-state index in [1.165, 1.54) is 37.7 Å². The van der Waals surface area contributed by atoms with Gasteiger partial charge < -0.3 is 15.2 Å². The van der Waals surface area contributed by atoms with Crippen molar-refractivity contribution in [1.29, 1.82) is 0 Å². The van der Waals surface area contributed by atoms with Gasteiger partial charge in [-0.2, -0.15) is 0 Å². The molecule has 18 heavy (non-hydrogen) atoms. The quantitative estimate of drug-likeness (QED) is 0.911. The number of hydrogen-bond donors (Lipinski definition) is 1. The van der Waals surface area contributed by atoms with Crippen LogP contribution in [0.25, 0.3) is 0 Å². The summed E-state index contributed by atoms with van der Waals surface area (Å²) in [4.78, 5) is 0. The van der Waals surface area contributed by atoms with Gasteiger partial charge in [0.05, 0.1) is 0 Å². The Morgan fingerprint density at radius 1 is 1.11 bits per heavy atom. The summed E-state index contributed by atoms with van der Waals surface area (Å²) in [5.74, 6) is 1.68. The summed E-state index contributed by atoms with van der Waals surface area (Å²) in [6.07, 6.45) is 6.18. The third-order valence-electron chi connectivity index (χ3n) is 4.24. The van der Waals surface area contributed by atoms with Crippen LogP contribution in [0.4, 0.5) is 0 Å². The van der Waals surface area contributed by atoms with Crippen molar-refractivity contribution in [3.05, 3.63) is 22.2 Å². The molecule has 3 rings (SSSR count). The summed E-state index contributed by atoms with van der Waals surface area (Å²) in [6, 6.07) is 4.13. The van der Waals surface area contributed by atoms with Gasteiger partial charge in [0.15, 0.2) is 11.5 Å². The van der Waals surface area contributed by atoms with Gasteiger partial charge in [0.1, 0.15) is 0 Å². The molecule has 0 atom stereocenters. The van der Waals surface area contributed by atoms with E-state index in [2.05, 4.69) is 22.0 Å². The van der Waals surface area contributed by atoms with E-state index in [0.717, 1.165) is 16.0 Å². The van der Waals surface area contributed by atoms with Crippen LogP contribution in [0.3, 0.4) is 0 Å². The molecule has 2 aliphatic rings. The smallest absolute Gasteiger partial charge is 0.231 e. The van der Waals surface area contributed by atoms with Crippen LogP contribution in [0, 0.1) is 0 Å². The summed E-state index contributed by atoms with van der Waals surface area (Å²) in [7, 11) is 0. The maximum absolute atomic E-state index is 6.09. The Hall–Kier alpha value is -0.740. The molecule has 4 heteroatoms. The van der Waals surface area contributed by atoms with Gasteiger partial charge in [-0.25, -0.2) is 0 Å². The molecular weight excluding hydrogens is 294 g/mol. The number of nitrogens with two attached hydrogens (primary N) is 1. The van der Waals surface area contributed by atoms with Crippen molar-refractivity contribution in [2.75, 3.05) is 13.3 Å². The first-order valence-electron chi connectivity index (χ1n) is 6.55. The molecule has 0 radical (unpaired) electrons. The van der Waals surface area contributed by atoms with Crippen molar-refractivity contribution >= 4 is 15.9 Å². The molecule has 1 aromatic rings. The molecule has 3 nitrogen and oxygen atoms in total. The van der Waals surface area contributed by atoms with E-state index < -0.39 is 0 Å². The molecule has 1 heterocycles. The topological polar surface area (TPSA) is 44.5 Å². The first-order chi connectivity index (χ1) is 8.75. The first kappa shape index (κ1) is 12.3. The highest BCUT2D eigenvalue weighted by Crippen LogP contribution is 2.46. The Morgan fingerprint density at radius 2 is 1.78 bits per heavy atom. The maximum atomic E-state index is 6.09. The second-order valence-corrected chi connectivity index (χ2v) is 6.08. The molecule has 0 unspecified atom stereocenters. The largest absolute Gasteiger partial charge is 0.454 e. The highest BCUT2D eigenvalue weighted by atomic mass is 79.9. The van der Waals surface area contributed by atoms with E-state index in [-0.39, 0.29) is 5.41 Å². The molecule has 1 fully saturated rings. The summed E-state index contributed by atoms with van der Waals surface area (Å²) in [6.45, 7) is 1.02. The lowest BCUT2D eigenvalue weighted by Crippen LogP contribution is -2.37. The molecule has 1 aliphatic carbocycles. The van der Waals surface area contributed by atoms with E-state index in [4.69, 9.17) is 15.2 Å². The highest BCUT2D eigenvalue weighted by molar-refractivity contribution is 9.10. The number of benzene rings is 1. The average Bonchev–Trinajstić information content (AvgIpc) is 2.85. The van der Waals surface area contributed by atoms with Crippen LogP contribution in [0.5, 0.6) is 11.5 Å². The predicted molar refractivity (Wildman–Crippen MR) is 74.1 cm³/mol. The van der Waals surface area contributed by atoms with E-state index in [0.29, 0.717) is 13.3 Å². The molecule has 0 spiro atoms. The summed E-state index contributed by atoms with van der Waals surface area (Å²) < 4.78 is 12.0. The molecule has 0 saturated heterocycles. The van der Waals surface area contributed by atoms with Gasteiger partial charge in [-0.15, -0.1) is 0 Å². The maximum Gasteiger partial charge on any atom is 0.231 e. The Morgan fingerprint density at radius 3 is 2.44 bits per heavy atom. The summed E-state index contributed by atoms with van der Waals surface area (Å²) >= 11 is 3.67. The molecule has 1 aliphatic heterocycles. The number of hydrogen-bond acceptors (Lipinski definition) is 3. The zero-order valence-electron chi connectivity index (χ0n) is 10.4. The Balaban J connectivity index is 2.04. The van der Waals surface area contributed by atoms with E-state index in [9.17, 15) is 0 Å². The fourth-order valence-electron chi connectivity index (χ4n) is 3.14. The summed E-state index contributed by atoms with van der Waals surface area (Å²) in [5.41, 5.74) is 7.49. The average molecular weight is 312 g/mol. The van der Waals surface area contributed by atoms with Crippen LogP contribution in [0.2, 0.25) is 0 Å². The SMILES string of the molecule is NCC1(c2cc3c(cc2Br)OCO3)CCCCC1.